The summed E-state index contributed by atoms with van der Waals surface area (Å²) in [6.07, 6.45) is 0. The van der Waals surface area contributed by atoms with Crippen LogP contribution >= 0.6 is 0 Å². The average molecular weight is 296 g/mol. The maximum atomic E-state index is 11.9. The number of nitrogens with zero attached hydrogens (tertiary/aromatic N) is 1. The number of fused-ring (bicyclic) bond motifs is 1. The molecule has 1 aromatic carbocycles. The molecule has 0 amide bonds. The highest BCUT2D eigenvalue weighted by Crippen LogP contribution is 2.33. The zero-order valence-electron chi connectivity index (χ0n) is 12.4. The van der Waals surface area contributed by atoms with E-state index in [9.17, 15) is 4.79 Å². The topological polar surface area (TPSA) is 78.3 Å². The van der Waals surface area contributed by atoms with Crippen LogP contribution in [-0.4, -0.2) is 17.6 Å². The molecule has 3 aromatic rings. The molecule has 22 heavy (non-hydrogen) atoms. The van der Waals surface area contributed by atoms with Gasteiger partial charge in [-0.05, 0) is 25.5 Å². The van der Waals surface area contributed by atoms with Gasteiger partial charge in [-0.25, -0.2) is 9.78 Å². The lowest BCUT2D eigenvalue weighted by molar-refractivity contribution is 0.0494. The summed E-state index contributed by atoms with van der Waals surface area (Å²) in [6, 6.07) is 11.7. The summed E-state index contributed by atoms with van der Waals surface area (Å²) in [5.41, 5.74) is 9.30. The Balaban J connectivity index is 2.17. The molecule has 112 valence electrons. The van der Waals surface area contributed by atoms with Crippen molar-refractivity contribution in [2.75, 3.05) is 12.3 Å². The number of benzene rings is 1. The summed E-state index contributed by atoms with van der Waals surface area (Å²) in [6.45, 7) is 3.90. The second-order valence-corrected chi connectivity index (χ2v) is 4.94. The molecule has 0 radical (unpaired) electrons. The molecule has 2 aromatic heterocycles. The Morgan fingerprint density at radius 1 is 1.32 bits per heavy atom. The van der Waals surface area contributed by atoms with Gasteiger partial charge in [-0.2, -0.15) is 0 Å². The van der Waals surface area contributed by atoms with Gasteiger partial charge in [0.1, 0.15) is 0 Å². The number of hydrogen-bond donors (Lipinski definition) is 1. The molecule has 2 N–H and O–H groups in total. The number of nitrogen functional groups attached to an aromatic ring is 1. The fourth-order valence-electron chi connectivity index (χ4n) is 2.42. The summed E-state index contributed by atoms with van der Waals surface area (Å²) in [4.78, 5) is 16.4. The van der Waals surface area contributed by atoms with Crippen molar-refractivity contribution in [2.24, 2.45) is 0 Å². The predicted octanol–water partition coefficient (Wildman–Crippen LogP) is 3.56. The highest BCUT2D eigenvalue weighted by atomic mass is 16.5. The first-order chi connectivity index (χ1) is 10.6. The van der Waals surface area contributed by atoms with Crippen LogP contribution in [0.25, 0.3) is 22.4 Å². The number of aryl methyl sites for hydroxylation is 1. The first kappa shape index (κ1) is 14.1. The molecule has 0 atom stereocenters. The first-order valence-corrected chi connectivity index (χ1v) is 7.04. The number of aromatic nitrogens is 1. The van der Waals surface area contributed by atoms with Gasteiger partial charge in [0.25, 0.3) is 0 Å². The highest BCUT2D eigenvalue weighted by molar-refractivity contribution is 6.04. The van der Waals surface area contributed by atoms with E-state index in [0.717, 1.165) is 16.8 Å². The van der Waals surface area contributed by atoms with E-state index >= 15 is 0 Å². The van der Waals surface area contributed by atoms with Crippen molar-refractivity contribution < 1.29 is 13.9 Å². The lowest BCUT2D eigenvalue weighted by atomic mass is 10.1. The number of rotatable bonds is 3. The number of nitrogens with two attached hydrogens (primary N) is 1. The molecule has 2 heterocycles. The van der Waals surface area contributed by atoms with Gasteiger partial charge in [-0.3, -0.25) is 0 Å². The maximum Gasteiger partial charge on any atom is 0.376 e. The normalized spacial score (nSPS) is 10.8. The SMILES string of the molecule is CCOC(=O)c1oc2nc(-c3ccccc3)cc(C)c2c1N. The molecule has 3 rings (SSSR count). The van der Waals surface area contributed by atoms with Crippen LogP contribution in [0.4, 0.5) is 5.69 Å². The number of ether oxygens (including phenoxy) is 1. The van der Waals surface area contributed by atoms with Crippen LogP contribution in [0.5, 0.6) is 0 Å². The number of hydrogen-bond acceptors (Lipinski definition) is 5. The molecule has 0 fully saturated rings. The van der Waals surface area contributed by atoms with E-state index in [1.165, 1.54) is 0 Å². The summed E-state index contributed by atoms with van der Waals surface area (Å²) >= 11 is 0. The van der Waals surface area contributed by atoms with Crippen molar-refractivity contribution in [2.45, 2.75) is 13.8 Å². The number of furan rings is 1. The lowest BCUT2D eigenvalue weighted by Gasteiger charge is -2.03. The lowest BCUT2D eigenvalue weighted by Crippen LogP contribution is -2.05. The van der Waals surface area contributed by atoms with Gasteiger partial charge in [0.05, 0.1) is 23.4 Å². The number of pyridine rings is 1. The summed E-state index contributed by atoms with van der Waals surface area (Å²) in [5.74, 6) is -0.559. The maximum absolute atomic E-state index is 11.9. The number of esters is 1. The zero-order chi connectivity index (χ0) is 15.7. The molecule has 5 heteroatoms. The minimum absolute atomic E-state index is 0.0117. The van der Waals surface area contributed by atoms with Gasteiger partial charge in [-0.15, -0.1) is 0 Å². The fourth-order valence-corrected chi connectivity index (χ4v) is 2.42. The minimum atomic E-state index is -0.571. The van der Waals surface area contributed by atoms with Gasteiger partial charge in [0.15, 0.2) is 0 Å². The molecule has 5 nitrogen and oxygen atoms in total. The van der Waals surface area contributed by atoms with Crippen molar-refractivity contribution in [3.05, 3.63) is 47.7 Å². The quantitative estimate of drug-likeness (QED) is 0.748. The largest absolute Gasteiger partial charge is 0.460 e. The molecular weight excluding hydrogens is 280 g/mol. The number of anilines is 1. The smallest absolute Gasteiger partial charge is 0.376 e. The highest BCUT2D eigenvalue weighted by Gasteiger charge is 2.22. The Kier molecular flexibility index (Phi) is 3.55. The van der Waals surface area contributed by atoms with Crippen LogP contribution in [0.3, 0.4) is 0 Å². The monoisotopic (exact) mass is 296 g/mol. The van der Waals surface area contributed by atoms with E-state index in [1.807, 2.05) is 43.3 Å². The van der Waals surface area contributed by atoms with Crippen molar-refractivity contribution in [3.63, 3.8) is 0 Å². The van der Waals surface area contributed by atoms with E-state index in [0.29, 0.717) is 11.1 Å². The third-order valence-electron chi connectivity index (χ3n) is 3.43. The Morgan fingerprint density at radius 3 is 2.73 bits per heavy atom. The third kappa shape index (κ3) is 2.30. The van der Waals surface area contributed by atoms with E-state index in [1.54, 1.807) is 6.92 Å². The van der Waals surface area contributed by atoms with Gasteiger partial charge in [0, 0.05) is 5.56 Å². The van der Waals surface area contributed by atoms with E-state index in [4.69, 9.17) is 14.9 Å². The van der Waals surface area contributed by atoms with E-state index in [-0.39, 0.29) is 18.1 Å². The summed E-state index contributed by atoms with van der Waals surface area (Å²) in [5, 5.41) is 0.655. The minimum Gasteiger partial charge on any atom is -0.460 e. The van der Waals surface area contributed by atoms with E-state index in [2.05, 4.69) is 4.98 Å². The molecule has 0 saturated heterocycles. The van der Waals surface area contributed by atoms with Crippen LogP contribution in [0.15, 0.2) is 40.8 Å². The molecule has 0 bridgehead atoms. The molecule has 0 saturated carbocycles. The number of carbonyl (C=O) groups is 1. The Labute approximate surface area is 127 Å². The Bertz CT molecular complexity index is 838. The second-order valence-electron chi connectivity index (χ2n) is 4.94. The van der Waals surface area contributed by atoms with Crippen LogP contribution in [-0.2, 0) is 4.74 Å². The van der Waals surface area contributed by atoms with Gasteiger partial charge in [0.2, 0.25) is 11.5 Å². The molecule has 0 aliphatic rings. The Morgan fingerprint density at radius 2 is 2.05 bits per heavy atom. The van der Waals surface area contributed by atoms with Crippen molar-refractivity contribution in [1.29, 1.82) is 0 Å². The number of carbonyl (C=O) groups excluding carboxylic acids is 1. The summed E-state index contributed by atoms with van der Waals surface area (Å²) in [7, 11) is 0. The van der Waals surface area contributed by atoms with Gasteiger partial charge in [-0.1, -0.05) is 30.3 Å². The standard InChI is InChI=1S/C17H16N2O3/c1-3-21-17(20)15-14(18)13-10(2)9-12(19-16(13)22-15)11-7-5-4-6-8-11/h4-9H,3,18H2,1-2H3. The van der Waals surface area contributed by atoms with E-state index < -0.39 is 5.97 Å². The van der Waals surface area contributed by atoms with Crippen LogP contribution in [0.2, 0.25) is 0 Å². The predicted molar refractivity (Wildman–Crippen MR) is 84.6 cm³/mol. The third-order valence-corrected chi connectivity index (χ3v) is 3.43. The van der Waals surface area contributed by atoms with Crippen LogP contribution in [0.1, 0.15) is 23.0 Å². The summed E-state index contributed by atoms with van der Waals surface area (Å²) < 4.78 is 10.5. The first-order valence-electron chi connectivity index (χ1n) is 7.04. The molecule has 0 aliphatic heterocycles. The van der Waals surface area contributed by atoms with Crippen LogP contribution < -0.4 is 5.73 Å². The molecule has 0 aliphatic carbocycles. The van der Waals surface area contributed by atoms with Crippen LogP contribution in [0, 0.1) is 6.92 Å². The zero-order valence-corrected chi connectivity index (χ0v) is 12.4. The van der Waals surface area contributed by atoms with Gasteiger partial charge >= 0.3 is 5.97 Å². The molecule has 0 spiro atoms. The average Bonchev–Trinajstić information content (AvgIpc) is 2.86. The van der Waals surface area contributed by atoms with Crippen molar-refractivity contribution in [1.82, 2.24) is 4.98 Å². The Hall–Kier alpha value is -2.82. The second kappa shape index (κ2) is 5.52. The fraction of sp³-hybridized carbons (Fsp3) is 0.176. The van der Waals surface area contributed by atoms with Gasteiger partial charge < -0.3 is 14.9 Å². The van der Waals surface area contributed by atoms with Crippen molar-refractivity contribution >= 4 is 22.8 Å². The molecular formula is C17H16N2O3. The molecule has 0 unspecified atom stereocenters. The van der Waals surface area contributed by atoms with Crippen molar-refractivity contribution in [3.8, 4) is 11.3 Å².